The van der Waals surface area contributed by atoms with Gasteiger partial charge in [0.1, 0.15) is 0 Å². The minimum absolute atomic E-state index is 0.0808. The number of hydrogen-bond acceptors (Lipinski definition) is 5. The fourth-order valence-electron chi connectivity index (χ4n) is 1.64. The SMILES string of the molecule is CC(C)n1ccnc(Sc2ncc(CO)n2C)c1=O. The highest BCUT2D eigenvalue weighted by atomic mass is 32.2. The van der Waals surface area contributed by atoms with Crippen molar-refractivity contribution in [2.24, 2.45) is 7.05 Å². The predicted octanol–water partition coefficient (Wildman–Crippen LogP) is 1.20. The zero-order valence-corrected chi connectivity index (χ0v) is 11.9. The van der Waals surface area contributed by atoms with E-state index in [4.69, 9.17) is 5.11 Å². The van der Waals surface area contributed by atoms with E-state index in [0.29, 0.717) is 15.9 Å². The second kappa shape index (κ2) is 5.58. The standard InChI is InChI=1S/C12H16N4O2S/c1-8(2)16-5-4-13-10(11(16)18)19-12-14-6-9(7-17)15(12)3/h4-6,8,17H,7H2,1-3H3. The molecule has 0 aliphatic heterocycles. The molecule has 0 atom stereocenters. The van der Waals surface area contributed by atoms with Gasteiger partial charge in [-0.1, -0.05) is 0 Å². The second-order valence-corrected chi connectivity index (χ2v) is 5.35. The van der Waals surface area contributed by atoms with Gasteiger partial charge in [0.05, 0.1) is 18.5 Å². The fraction of sp³-hybridized carbons (Fsp3) is 0.417. The summed E-state index contributed by atoms with van der Waals surface area (Å²) in [5, 5.41) is 10.1. The predicted molar refractivity (Wildman–Crippen MR) is 72.1 cm³/mol. The third-order valence-electron chi connectivity index (χ3n) is 2.78. The molecule has 0 unspecified atom stereocenters. The molecule has 102 valence electrons. The van der Waals surface area contributed by atoms with Crippen molar-refractivity contribution in [3.8, 4) is 0 Å². The summed E-state index contributed by atoms with van der Waals surface area (Å²) in [6, 6.07) is 0.0872. The van der Waals surface area contributed by atoms with E-state index >= 15 is 0 Å². The first-order valence-electron chi connectivity index (χ1n) is 5.91. The summed E-state index contributed by atoms with van der Waals surface area (Å²) in [5.74, 6) is 0. The molecular weight excluding hydrogens is 264 g/mol. The lowest BCUT2D eigenvalue weighted by Gasteiger charge is -2.10. The number of rotatable bonds is 4. The van der Waals surface area contributed by atoms with Crippen LogP contribution in [-0.4, -0.2) is 24.2 Å². The van der Waals surface area contributed by atoms with E-state index in [1.165, 1.54) is 11.8 Å². The summed E-state index contributed by atoms with van der Waals surface area (Å²) in [7, 11) is 1.80. The van der Waals surface area contributed by atoms with Crippen molar-refractivity contribution in [3.63, 3.8) is 0 Å². The Morgan fingerprint density at radius 2 is 2.16 bits per heavy atom. The van der Waals surface area contributed by atoms with Crippen molar-refractivity contribution < 1.29 is 5.11 Å². The Labute approximate surface area is 115 Å². The van der Waals surface area contributed by atoms with E-state index in [1.807, 2.05) is 13.8 Å². The van der Waals surface area contributed by atoms with E-state index in [1.54, 1.807) is 34.8 Å². The van der Waals surface area contributed by atoms with Gasteiger partial charge in [-0.05, 0) is 25.6 Å². The summed E-state index contributed by atoms with van der Waals surface area (Å²) >= 11 is 1.20. The van der Waals surface area contributed by atoms with Gasteiger partial charge >= 0.3 is 0 Å². The molecule has 19 heavy (non-hydrogen) atoms. The molecule has 0 aliphatic rings. The Kier molecular flexibility index (Phi) is 4.06. The van der Waals surface area contributed by atoms with Crippen LogP contribution in [-0.2, 0) is 13.7 Å². The Bertz CT molecular complexity index is 633. The minimum atomic E-state index is -0.129. The first-order valence-corrected chi connectivity index (χ1v) is 6.72. The van der Waals surface area contributed by atoms with Gasteiger partial charge in [0.25, 0.3) is 5.56 Å². The highest BCUT2D eigenvalue weighted by Gasteiger charge is 2.13. The van der Waals surface area contributed by atoms with Crippen molar-refractivity contribution in [3.05, 3.63) is 34.6 Å². The van der Waals surface area contributed by atoms with Crippen molar-refractivity contribution >= 4 is 11.8 Å². The first-order chi connectivity index (χ1) is 9.04. The van der Waals surface area contributed by atoms with Gasteiger partial charge in [-0.15, -0.1) is 0 Å². The van der Waals surface area contributed by atoms with Crippen LogP contribution in [0.15, 0.2) is 33.6 Å². The first kappa shape index (κ1) is 13.8. The number of nitrogens with zero attached hydrogens (tertiary/aromatic N) is 4. The van der Waals surface area contributed by atoms with Crippen LogP contribution < -0.4 is 5.56 Å². The molecule has 6 nitrogen and oxygen atoms in total. The maximum absolute atomic E-state index is 12.2. The van der Waals surface area contributed by atoms with Crippen LogP contribution in [0.5, 0.6) is 0 Å². The third kappa shape index (κ3) is 2.71. The molecule has 0 radical (unpaired) electrons. The third-order valence-corrected chi connectivity index (χ3v) is 3.82. The van der Waals surface area contributed by atoms with Crippen LogP contribution in [0.25, 0.3) is 0 Å². The van der Waals surface area contributed by atoms with Crippen LogP contribution in [0.1, 0.15) is 25.6 Å². The lowest BCUT2D eigenvalue weighted by molar-refractivity contribution is 0.271. The molecule has 0 saturated heterocycles. The fourth-order valence-corrected chi connectivity index (χ4v) is 2.48. The molecule has 1 N–H and O–H groups in total. The molecule has 7 heteroatoms. The molecule has 2 heterocycles. The maximum Gasteiger partial charge on any atom is 0.283 e. The molecule has 0 aromatic carbocycles. The summed E-state index contributed by atoms with van der Waals surface area (Å²) < 4.78 is 3.38. The number of aliphatic hydroxyl groups is 1. The van der Waals surface area contributed by atoms with Gasteiger partial charge in [0.15, 0.2) is 10.2 Å². The molecule has 0 bridgehead atoms. The Hall–Kier alpha value is -1.60. The van der Waals surface area contributed by atoms with Crippen LogP contribution in [0.4, 0.5) is 0 Å². The Morgan fingerprint density at radius 3 is 2.74 bits per heavy atom. The summed E-state index contributed by atoms with van der Waals surface area (Å²) in [5.41, 5.74) is 0.568. The molecule has 2 aromatic rings. The monoisotopic (exact) mass is 280 g/mol. The molecule has 0 amide bonds. The van der Waals surface area contributed by atoms with E-state index in [0.717, 1.165) is 0 Å². The molecule has 0 fully saturated rings. The van der Waals surface area contributed by atoms with Crippen molar-refractivity contribution in [2.45, 2.75) is 36.7 Å². The summed E-state index contributed by atoms with van der Waals surface area (Å²) in [4.78, 5) is 20.5. The Morgan fingerprint density at radius 1 is 1.42 bits per heavy atom. The van der Waals surface area contributed by atoms with Crippen molar-refractivity contribution in [2.75, 3.05) is 0 Å². The summed E-state index contributed by atoms with van der Waals surface area (Å²) in [6.07, 6.45) is 4.88. The van der Waals surface area contributed by atoms with Crippen molar-refractivity contribution in [1.29, 1.82) is 0 Å². The van der Waals surface area contributed by atoms with Crippen LogP contribution >= 0.6 is 11.8 Å². The number of aromatic nitrogens is 4. The van der Waals surface area contributed by atoms with Crippen LogP contribution in [0, 0.1) is 0 Å². The quantitative estimate of drug-likeness (QED) is 0.911. The topological polar surface area (TPSA) is 72.9 Å². The molecule has 0 aliphatic carbocycles. The number of hydrogen-bond donors (Lipinski definition) is 1. The highest BCUT2D eigenvalue weighted by molar-refractivity contribution is 7.99. The lowest BCUT2D eigenvalue weighted by atomic mass is 10.4. The smallest absolute Gasteiger partial charge is 0.283 e. The highest BCUT2D eigenvalue weighted by Crippen LogP contribution is 2.22. The largest absolute Gasteiger partial charge is 0.390 e. The van der Waals surface area contributed by atoms with Crippen LogP contribution in [0.3, 0.4) is 0 Å². The normalized spacial score (nSPS) is 11.2. The minimum Gasteiger partial charge on any atom is -0.390 e. The zero-order chi connectivity index (χ0) is 14.0. The average Bonchev–Trinajstić information content (AvgIpc) is 2.72. The van der Waals surface area contributed by atoms with Gasteiger partial charge in [-0.2, -0.15) is 0 Å². The van der Waals surface area contributed by atoms with E-state index in [9.17, 15) is 4.79 Å². The molecule has 0 spiro atoms. The number of imidazole rings is 1. The Balaban J connectivity index is 2.36. The van der Waals surface area contributed by atoms with Crippen molar-refractivity contribution in [1.82, 2.24) is 19.1 Å². The van der Waals surface area contributed by atoms with Gasteiger partial charge in [0, 0.05) is 25.5 Å². The molecule has 2 aromatic heterocycles. The second-order valence-electron chi connectivity index (χ2n) is 4.39. The van der Waals surface area contributed by atoms with E-state index < -0.39 is 0 Å². The number of aliphatic hydroxyl groups excluding tert-OH is 1. The molecular formula is C12H16N4O2S. The lowest BCUT2D eigenvalue weighted by Crippen LogP contribution is -2.23. The molecule has 0 saturated carbocycles. The zero-order valence-electron chi connectivity index (χ0n) is 11.1. The van der Waals surface area contributed by atoms with E-state index in [2.05, 4.69) is 9.97 Å². The van der Waals surface area contributed by atoms with E-state index in [-0.39, 0.29) is 18.2 Å². The van der Waals surface area contributed by atoms with Gasteiger partial charge < -0.3 is 14.2 Å². The van der Waals surface area contributed by atoms with Gasteiger partial charge in [-0.3, -0.25) is 4.79 Å². The van der Waals surface area contributed by atoms with Gasteiger partial charge in [-0.25, -0.2) is 9.97 Å². The average molecular weight is 280 g/mol. The maximum atomic E-state index is 12.2. The van der Waals surface area contributed by atoms with Crippen LogP contribution in [0.2, 0.25) is 0 Å². The van der Waals surface area contributed by atoms with Gasteiger partial charge in [0.2, 0.25) is 0 Å². The summed E-state index contributed by atoms with van der Waals surface area (Å²) in [6.45, 7) is 3.81. The molecule has 2 rings (SSSR count).